The molecule has 26 heavy (non-hydrogen) atoms. The van der Waals surface area contributed by atoms with Crippen molar-refractivity contribution in [1.82, 2.24) is 15.6 Å². The molecular weight excluding hydrogens is 328 g/mol. The van der Waals surface area contributed by atoms with Gasteiger partial charge in [-0.05, 0) is 48.6 Å². The van der Waals surface area contributed by atoms with Crippen LogP contribution in [0.3, 0.4) is 0 Å². The number of piperidine rings is 1. The van der Waals surface area contributed by atoms with Crippen LogP contribution >= 0.6 is 0 Å². The summed E-state index contributed by atoms with van der Waals surface area (Å²) in [6, 6.07) is 13.6. The first-order valence-corrected chi connectivity index (χ1v) is 9.05. The molecule has 0 atom stereocenters. The first-order chi connectivity index (χ1) is 12.7. The molecule has 6 heteroatoms. The first kappa shape index (κ1) is 18.0. The van der Waals surface area contributed by atoms with Crippen molar-refractivity contribution in [2.45, 2.75) is 19.4 Å². The molecule has 3 rings (SSSR count). The van der Waals surface area contributed by atoms with Crippen LogP contribution in [-0.4, -0.2) is 37.8 Å². The van der Waals surface area contributed by atoms with Gasteiger partial charge in [-0.15, -0.1) is 0 Å². The predicted octanol–water partition coefficient (Wildman–Crippen LogP) is 2.81. The summed E-state index contributed by atoms with van der Waals surface area (Å²) in [5, 5.41) is 5.89. The summed E-state index contributed by atoms with van der Waals surface area (Å²) in [4.78, 5) is 18.7. The van der Waals surface area contributed by atoms with E-state index >= 15 is 0 Å². The molecular formula is C20H26N4O2. The fraction of sp³-hybridized carbons (Fsp3) is 0.400. The Morgan fingerprint density at radius 1 is 1.15 bits per heavy atom. The molecule has 1 aliphatic rings. The van der Waals surface area contributed by atoms with Crippen LogP contribution in [0.1, 0.15) is 18.4 Å². The third-order valence-corrected chi connectivity index (χ3v) is 4.75. The fourth-order valence-corrected chi connectivity index (χ4v) is 3.13. The lowest BCUT2D eigenvalue weighted by molar-refractivity contribution is 0.237. The molecule has 1 saturated heterocycles. The number of anilines is 1. The van der Waals surface area contributed by atoms with Gasteiger partial charge in [-0.2, -0.15) is 0 Å². The SMILES string of the molecule is COc1ccc(CNC(=O)NCC2CCN(c3ccccn3)CC2)cc1. The van der Waals surface area contributed by atoms with Gasteiger partial charge in [-0.25, -0.2) is 9.78 Å². The van der Waals surface area contributed by atoms with E-state index in [1.165, 1.54) is 0 Å². The van der Waals surface area contributed by atoms with Crippen molar-refractivity contribution in [2.24, 2.45) is 5.92 Å². The molecule has 0 bridgehead atoms. The summed E-state index contributed by atoms with van der Waals surface area (Å²) >= 11 is 0. The molecule has 0 aliphatic carbocycles. The Bertz CT molecular complexity index is 683. The van der Waals surface area contributed by atoms with E-state index in [9.17, 15) is 4.79 Å². The lowest BCUT2D eigenvalue weighted by atomic mass is 9.97. The second-order valence-corrected chi connectivity index (χ2v) is 6.53. The molecule has 138 valence electrons. The van der Waals surface area contributed by atoms with Crippen molar-refractivity contribution in [3.8, 4) is 5.75 Å². The lowest BCUT2D eigenvalue weighted by Crippen LogP contribution is -2.42. The van der Waals surface area contributed by atoms with Crippen molar-refractivity contribution in [3.05, 3.63) is 54.2 Å². The maximum atomic E-state index is 12.0. The van der Waals surface area contributed by atoms with Crippen LogP contribution in [0.25, 0.3) is 0 Å². The smallest absolute Gasteiger partial charge is 0.315 e. The highest BCUT2D eigenvalue weighted by molar-refractivity contribution is 5.73. The number of rotatable bonds is 6. The van der Waals surface area contributed by atoms with Gasteiger partial charge in [0.05, 0.1) is 7.11 Å². The molecule has 0 spiro atoms. The Labute approximate surface area is 154 Å². The van der Waals surface area contributed by atoms with Crippen molar-refractivity contribution < 1.29 is 9.53 Å². The van der Waals surface area contributed by atoms with Crippen LogP contribution < -0.4 is 20.3 Å². The van der Waals surface area contributed by atoms with E-state index in [-0.39, 0.29) is 6.03 Å². The third-order valence-electron chi connectivity index (χ3n) is 4.75. The van der Waals surface area contributed by atoms with Crippen LogP contribution in [-0.2, 0) is 6.54 Å². The zero-order chi connectivity index (χ0) is 18.2. The van der Waals surface area contributed by atoms with E-state index in [0.717, 1.165) is 43.1 Å². The molecule has 1 aromatic heterocycles. The number of nitrogens with one attached hydrogen (secondary N) is 2. The zero-order valence-corrected chi connectivity index (χ0v) is 15.1. The number of methoxy groups -OCH3 is 1. The number of hydrogen-bond acceptors (Lipinski definition) is 4. The highest BCUT2D eigenvalue weighted by Gasteiger charge is 2.20. The van der Waals surface area contributed by atoms with Gasteiger partial charge in [0.2, 0.25) is 0 Å². The summed E-state index contributed by atoms with van der Waals surface area (Å²) in [6.45, 7) is 3.19. The number of amides is 2. The number of ether oxygens (including phenoxy) is 1. The lowest BCUT2D eigenvalue weighted by Gasteiger charge is -2.32. The van der Waals surface area contributed by atoms with E-state index in [1.807, 2.05) is 48.7 Å². The van der Waals surface area contributed by atoms with Gasteiger partial charge in [0.15, 0.2) is 0 Å². The average Bonchev–Trinajstić information content (AvgIpc) is 2.72. The van der Waals surface area contributed by atoms with Crippen LogP contribution in [0.5, 0.6) is 5.75 Å². The highest BCUT2D eigenvalue weighted by atomic mass is 16.5. The Hall–Kier alpha value is -2.76. The van der Waals surface area contributed by atoms with Gasteiger partial charge in [0, 0.05) is 32.4 Å². The largest absolute Gasteiger partial charge is 0.497 e. The zero-order valence-electron chi connectivity index (χ0n) is 15.1. The fourth-order valence-electron chi connectivity index (χ4n) is 3.13. The number of benzene rings is 1. The number of carbonyl (C=O) groups is 1. The number of carbonyl (C=O) groups excluding carboxylic acids is 1. The number of pyridine rings is 1. The van der Waals surface area contributed by atoms with Crippen molar-refractivity contribution >= 4 is 11.8 Å². The van der Waals surface area contributed by atoms with Crippen LogP contribution in [0.2, 0.25) is 0 Å². The topological polar surface area (TPSA) is 66.5 Å². The molecule has 2 amide bonds. The van der Waals surface area contributed by atoms with E-state index in [1.54, 1.807) is 7.11 Å². The molecule has 1 aromatic carbocycles. The standard InChI is InChI=1S/C20H26N4O2/c1-26-18-7-5-16(6-8-18)14-22-20(25)23-15-17-9-12-24(13-10-17)19-4-2-3-11-21-19/h2-8,11,17H,9-10,12-15H2,1H3,(H2,22,23,25). The Morgan fingerprint density at radius 2 is 1.92 bits per heavy atom. The second kappa shape index (κ2) is 9.08. The summed E-state index contributed by atoms with van der Waals surface area (Å²) in [5.41, 5.74) is 1.05. The molecule has 2 N–H and O–H groups in total. The summed E-state index contributed by atoms with van der Waals surface area (Å²) in [7, 11) is 1.64. The van der Waals surface area contributed by atoms with Crippen LogP contribution in [0, 0.1) is 5.92 Å². The quantitative estimate of drug-likeness (QED) is 0.837. The van der Waals surface area contributed by atoms with Crippen molar-refractivity contribution in [2.75, 3.05) is 31.6 Å². The minimum absolute atomic E-state index is 0.118. The van der Waals surface area contributed by atoms with Gasteiger partial charge in [0.25, 0.3) is 0 Å². The summed E-state index contributed by atoms with van der Waals surface area (Å²) in [6.07, 6.45) is 3.96. The number of hydrogen-bond donors (Lipinski definition) is 2. The van der Waals surface area contributed by atoms with Crippen molar-refractivity contribution in [3.63, 3.8) is 0 Å². The maximum Gasteiger partial charge on any atom is 0.315 e. The summed E-state index contributed by atoms with van der Waals surface area (Å²) < 4.78 is 5.13. The molecule has 1 aliphatic heterocycles. The Morgan fingerprint density at radius 3 is 2.58 bits per heavy atom. The minimum Gasteiger partial charge on any atom is -0.497 e. The van der Waals surface area contributed by atoms with Gasteiger partial charge in [-0.3, -0.25) is 0 Å². The molecule has 0 unspecified atom stereocenters. The third kappa shape index (κ3) is 5.12. The maximum absolute atomic E-state index is 12.0. The number of aromatic nitrogens is 1. The van der Waals surface area contributed by atoms with E-state index in [0.29, 0.717) is 19.0 Å². The molecule has 2 heterocycles. The van der Waals surface area contributed by atoms with Gasteiger partial charge < -0.3 is 20.3 Å². The van der Waals surface area contributed by atoms with Gasteiger partial charge in [-0.1, -0.05) is 18.2 Å². The molecule has 2 aromatic rings. The first-order valence-electron chi connectivity index (χ1n) is 9.05. The number of urea groups is 1. The normalized spacial score (nSPS) is 14.7. The van der Waals surface area contributed by atoms with E-state index in [4.69, 9.17) is 4.74 Å². The molecule has 1 fully saturated rings. The van der Waals surface area contributed by atoms with Crippen LogP contribution in [0.4, 0.5) is 10.6 Å². The Kier molecular flexibility index (Phi) is 6.30. The Balaban J connectivity index is 1.34. The predicted molar refractivity (Wildman–Crippen MR) is 102 cm³/mol. The molecule has 6 nitrogen and oxygen atoms in total. The monoisotopic (exact) mass is 354 g/mol. The second-order valence-electron chi connectivity index (χ2n) is 6.53. The molecule has 0 saturated carbocycles. The van der Waals surface area contributed by atoms with Gasteiger partial charge >= 0.3 is 6.03 Å². The number of nitrogens with zero attached hydrogens (tertiary/aromatic N) is 2. The highest BCUT2D eigenvalue weighted by Crippen LogP contribution is 2.20. The average molecular weight is 354 g/mol. The summed E-state index contributed by atoms with van der Waals surface area (Å²) in [5.74, 6) is 2.37. The van der Waals surface area contributed by atoms with E-state index in [2.05, 4.69) is 20.5 Å². The van der Waals surface area contributed by atoms with Crippen molar-refractivity contribution in [1.29, 1.82) is 0 Å². The van der Waals surface area contributed by atoms with E-state index < -0.39 is 0 Å². The minimum atomic E-state index is -0.118. The van der Waals surface area contributed by atoms with Crippen LogP contribution in [0.15, 0.2) is 48.7 Å². The van der Waals surface area contributed by atoms with Gasteiger partial charge in [0.1, 0.15) is 11.6 Å². The molecule has 0 radical (unpaired) electrons.